The highest BCUT2D eigenvalue weighted by Crippen LogP contribution is 2.22. The van der Waals surface area contributed by atoms with Gasteiger partial charge < -0.3 is 4.90 Å². The lowest BCUT2D eigenvalue weighted by Gasteiger charge is -2.16. The average molecular weight is 312 g/mol. The summed E-state index contributed by atoms with van der Waals surface area (Å²) in [6, 6.07) is 6.00. The van der Waals surface area contributed by atoms with Gasteiger partial charge >= 0.3 is 0 Å². The van der Waals surface area contributed by atoms with Gasteiger partial charge in [0.15, 0.2) is 0 Å². The third-order valence-electron chi connectivity index (χ3n) is 2.53. The van der Waals surface area contributed by atoms with Crippen LogP contribution in [0, 0.1) is 0 Å². The molecule has 0 amide bonds. The van der Waals surface area contributed by atoms with Gasteiger partial charge in [0.2, 0.25) is 5.95 Å². The van der Waals surface area contributed by atoms with E-state index in [1.807, 2.05) is 43.2 Å². The fourth-order valence-corrected chi connectivity index (χ4v) is 2.44. The molecule has 0 unspecified atom stereocenters. The zero-order valence-corrected chi connectivity index (χ0v) is 12.3. The predicted octanol–water partition coefficient (Wildman–Crippen LogP) is 3.19. The number of halogens is 1. The molecule has 0 aliphatic carbocycles. The minimum absolute atomic E-state index is 0.782. The molecule has 0 fully saturated rings. The molecular weight excluding hydrogens is 298 g/mol. The Hall–Kier alpha value is -0.810. The normalized spacial score (nSPS) is 10.8. The Kier molecular flexibility index (Phi) is 4.23. The number of anilines is 1. The van der Waals surface area contributed by atoms with E-state index >= 15 is 0 Å². The Balaban J connectivity index is 2.31. The molecule has 5 heteroatoms. The van der Waals surface area contributed by atoms with Gasteiger partial charge in [0.05, 0.1) is 5.52 Å². The van der Waals surface area contributed by atoms with Gasteiger partial charge in [0, 0.05) is 35.4 Å². The first-order valence-corrected chi connectivity index (χ1v) is 7.52. The third-order valence-corrected chi connectivity index (χ3v) is 3.81. The number of hydrogen-bond acceptors (Lipinski definition) is 4. The Labute approximate surface area is 114 Å². The summed E-state index contributed by atoms with van der Waals surface area (Å²) < 4.78 is 1.04. The van der Waals surface area contributed by atoms with E-state index in [4.69, 9.17) is 0 Å². The summed E-state index contributed by atoms with van der Waals surface area (Å²) in [5, 5.41) is 1.05. The number of nitrogens with zero attached hydrogens (tertiary/aromatic N) is 3. The van der Waals surface area contributed by atoms with Crippen molar-refractivity contribution in [2.45, 2.75) is 0 Å². The Bertz CT molecular complexity index is 518. The second-order valence-corrected chi connectivity index (χ2v) is 5.60. The Morgan fingerprint density at radius 1 is 1.41 bits per heavy atom. The summed E-state index contributed by atoms with van der Waals surface area (Å²) in [7, 11) is 2.02. The number of benzene rings is 1. The summed E-state index contributed by atoms with van der Waals surface area (Å²) in [5.41, 5.74) is 0.973. The number of hydrogen-bond donors (Lipinski definition) is 0. The van der Waals surface area contributed by atoms with Crippen LogP contribution in [0.4, 0.5) is 5.95 Å². The summed E-state index contributed by atoms with van der Waals surface area (Å²) in [6.45, 7) is 0.959. The summed E-state index contributed by atoms with van der Waals surface area (Å²) in [6.07, 6.45) is 3.98. The largest absolute Gasteiger partial charge is 0.343 e. The van der Waals surface area contributed by atoms with Crippen molar-refractivity contribution in [3.8, 4) is 0 Å². The highest BCUT2D eigenvalue weighted by molar-refractivity contribution is 9.10. The van der Waals surface area contributed by atoms with Crippen molar-refractivity contribution in [1.82, 2.24) is 9.97 Å². The third kappa shape index (κ3) is 2.90. The van der Waals surface area contributed by atoms with E-state index in [1.165, 1.54) is 0 Å². The predicted molar refractivity (Wildman–Crippen MR) is 78.9 cm³/mol. The highest BCUT2D eigenvalue weighted by atomic mass is 79.9. The molecule has 0 aliphatic rings. The monoisotopic (exact) mass is 311 g/mol. The van der Waals surface area contributed by atoms with Crippen LogP contribution in [0.15, 0.2) is 28.9 Å². The van der Waals surface area contributed by atoms with Crippen LogP contribution in [0.2, 0.25) is 0 Å². The van der Waals surface area contributed by atoms with Crippen molar-refractivity contribution in [2.75, 3.05) is 30.5 Å². The van der Waals surface area contributed by atoms with Gasteiger partial charge in [0.25, 0.3) is 0 Å². The van der Waals surface area contributed by atoms with Crippen molar-refractivity contribution >= 4 is 44.5 Å². The summed E-state index contributed by atoms with van der Waals surface area (Å²) >= 11 is 5.33. The first kappa shape index (κ1) is 12.6. The molecule has 90 valence electrons. The molecule has 1 aromatic carbocycles. The van der Waals surface area contributed by atoms with Gasteiger partial charge in [-0.1, -0.05) is 22.0 Å². The minimum Gasteiger partial charge on any atom is -0.343 e. The van der Waals surface area contributed by atoms with Gasteiger partial charge in [0.1, 0.15) is 0 Å². The lowest BCUT2D eigenvalue weighted by Crippen LogP contribution is -2.22. The van der Waals surface area contributed by atoms with Crippen LogP contribution in [-0.4, -0.2) is 35.6 Å². The fraction of sp³-hybridized carbons (Fsp3) is 0.333. The fourth-order valence-electron chi connectivity index (χ4n) is 1.52. The van der Waals surface area contributed by atoms with Crippen LogP contribution in [0.1, 0.15) is 0 Å². The van der Waals surface area contributed by atoms with E-state index in [0.29, 0.717) is 0 Å². The van der Waals surface area contributed by atoms with Gasteiger partial charge in [-0.25, -0.2) is 9.97 Å². The first-order valence-electron chi connectivity index (χ1n) is 5.33. The van der Waals surface area contributed by atoms with E-state index in [0.717, 1.165) is 33.6 Å². The molecular formula is C12H14BrN3S. The van der Waals surface area contributed by atoms with Crippen LogP contribution in [-0.2, 0) is 0 Å². The van der Waals surface area contributed by atoms with Gasteiger partial charge in [-0.15, -0.1) is 0 Å². The quantitative estimate of drug-likeness (QED) is 0.867. The molecule has 17 heavy (non-hydrogen) atoms. The molecule has 1 heterocycles. The zero-order valence-electron chi connectivity index (χ0n) is 9.85. The molecule has 1 aromatic heterocycles. The minimum atomic E-state index is 0.782. The SMILES string of the molecule is CSCCN(C)c1ncc2c(Br)cccc2n1. The maximum absolute atomic E-state index is 4.56. The van der Waals surface area contributed by atoms with Crippen molar-refractivity contribution in [3.05, 3.63) is 28.9 Å². The topological polar surface area (TPSA) is 29.0 Å². The summed E-state index contributed by atoms with van der Waals surface area (Å²) in [4.78, 5) is 11.0. The molecule has 0 radical (unpaired) electrons. The van der Waals surface area contributed by atoms with Crippen LogP contribution in [0.25, 0.3) is 10.9 Å². The molecule has 0 atom stereocenters. The van der Waals surface area contributed by atoms with Gasteiger partial charge in [-0.2, -0.15) is 11.8 Å². The maximum atomic E-state index is 4.56. The van der Waals surface area contributed by atoms with Crippen molar-refractivity contribution in [2.24, 2.45) is 0 Å². The molecule has 0 N–H and O–H groups in total. The van der Waals surface area contributed by atoms with E-state index in [9.17, 15) is 0 Å². The smallest absolute Gasteiger partial charge is 0.225 e. The second-order valence-electron chi connectivity index (χ2n) is 3.76. The number of fused-ring (bicyclic) bond motifs is 1. The van der Waals surface area contributed by atoms with Crippen LogP contribution in [0.5, 0.6) is 0 Å². The molecule has 0 bridgehead atoms. The lowest BCUT2D eigenvalue weighted by molar-refractivity contribution is 0.917. The number of rotatable bonds is 4. The standard InChI is InChI=1S/C12H14BrN3S/c1-16(6-7-17-2)12-14-8-9-10(13)4-3-5-11(9)15-12/h3-5,8H,6-7H2,1-2H3. The average Bonchev–Trinajstić information content (AvgIpc) is 2.36. The van der Waals surface area contributed by atoms with Gasteiger partial charge in [-0.3, -0.25) is 0 Å². The van der Waals surface area contributed by atoms with E-state index in [1.54, 1.807) is 0 Å². The molecule has 0 saturated heterocycles. The molecule has 0 spiro atoms. The van der Waals surface area contributed by atoms with Crippen LogP contribution < -0.4 is 4.90 Å². The molecule has 2 rings (SSSR count). The molecule has 0 saturated carbocycles. The van der Waals surface area contributed by atoms with Crippen molar-refractivity contribution in [1.29, 1.82) is 0 Å². The van der Waals surface area contributed by atoms with Crippen molar-refractivity contribution < 1.29 is 0 Å². The van der Waals surface area contributed by atoms with Crippen LogP contribution >= 0.6 is 27.7 Å². The Morgan fingerprint density at radius 3 is 3.00 bits per heavy atom. The lowest BCUT2D eigenvalue weighted by atomic mass is 10.2. The maximum Gasteiger partial charge on any atom is 0.225 e. The first-order chi connectivity index (χ1) is 8.22. The summed E-state index contributed by atoms with van der Waals surface area (Å²) in [5.74, 6) is 1.86. The van der Waals surface area contributed by atoms with Crippen molar-refractivity contribution in [3.63, 3.8) is 0 Å². The molecule has 0 aliphatic heterocycles. The van der Waals surface area contributed by atoms with E-state index in [2.05, 4.69) is 37.1 Å². The highest BCUT2D eigenvalue weighted by Gasteiger charge is 2.06. The van der Waals surface area contributed by atoms with Crippen LogP contribution in [0.3, 0.4) is 0 Å². The van der Waals surface area contributed by atoms with Gasteiger partial charge in [-0.05, 0) is 18.4 Å². The zero-order chi connectivity index (χ0) is 12.3. The van der Waals surface area contributed by atoms with E-state index in [-0.39, 0.29) is 0 Å². The molecule has 2 aromatic rings. The molecule has 3 nitrogen and oxygen atoms in total. The number of thioether (sulfide) groups is 1. The Morgan fingerprint density at radius 2 is 2.24 bits per heavy atom. The second kappa shape index (κ2) is 5.69. The number of aromatic nitrogens is 2. The van der Waals surface area contributed by atoms with E-state index < -0.39 is 0 Å².